The molecule has 0 bridgehead atoms. The number of ether oxygens (including phenoxy) is 1. The van der Waals surface area contributed by atoms with Gasteiger partial charge in [-0.1, -0.05) is 26.3 Å². The minimum Gasteiger partial charge on any atom is -0.491 e. The van der Waals surface area contributed by atoms with E-state index in [2.05, 4.69) is 25.2 Å². The maximum absolute atomic E-state index is 10.0. The summed E-state index contributed by atoms with van der Waals surface area (Å²) in [6, 6.07) is 9.52. The Bertz CT molecular complexity index is 508. The molecule has 2 rings (SSSR count). The summed E-state index contributed by atoms with van der Waals surface area (Å²) < 4.78 is 5.54. The van der Waals surface area contributed by atoms with E-state index in [1.54, 1.807) is 24.3 Å². The summed E-state index contributed by atoms with van der Waals surface area (Å²) in [6.07, 6.45) is 3.11. The summed E-state index contributed by atoms with van der Waals surface area (Å²) in [7, 11) is 0. The second kappa shape index (κ2) is 6.93. The molecule has 0 aliphatic heterocycles. The lowest BCUT2D eigenvalue weighted by Gasteiger charge is -2.28. The molecule has 4 nitrogen and oxygen atoms in total. The lowest BCUT2D eigenvalue weighted by Crippen LogP contribution is -2.43. The zero-order chi connectivity index (χ0) is 15.3. The molecule has 4 heteroatoms. The van der Waals surface area contributed by atoms with E-state index in [1.807, 2.05) is 0 Å². The molecule has 0 radical (unpaired) electrons. The predicted octanol–water partition coefficient (Wildman–Crippen LogP) is 2.47. The highest BCUT2D eigenvalue weighted by Gasteiger charge is 2.34. The molecule has 1 fully saturated rings. The molecule has 0 amide bonds. The van der Waals surface area contributed by atoms with Gasteiger partial charge in [-0.05, 0) is 36.5 Å². The smallest absolute Gasteiger partial charge is 0.120 e. The fraction of sp³-hybridized carbons (Fsp3) is 0.588. The number of rotatable bonds is 6. The van der Waals surface area contributed by atoms with Gasteiger partial charge in [0.25, 0.3) is 0 Å². The molecule has 114 valence electrons. The molecule has 0 heterocycles. The Balaban J connectivity index is 1.75. The van der Waals surface area contributed by atoms with Crippen LogP contribution >= 0.6 is 0 Å². The standard InChI is InChI=1S/C17H24N2O2/c1-17(2)8-4-7-16(17)19-11-14(20)12-21-15-6-3-5-13(9-15)10-18/h3,5-6,9,14,16,19-20H,4,7-8,11-12H2,1-2H3. The molecule has 2 unspecified atom stereocenters. The monoisotopic (exact) mass is 288 g/mol. The van der Waals surface area contributed by atoms with Crippen LogP contribution in [0.25, 0.3) is 0 Å². The third kappa shape index (κ3) is 4.45. The molecule has 2 atom stereocenters. The van der Waals surface area contributed by atoms with Crippen LogP contribution in [0.5, 0.6) is 5.75 Å². The van der Waals surface area contributed by atoms with Crippen molar-refractivity contribution in [3.8, 4) is 11.8 Å². The Labute approximate surface area is 126 Å². The molecule has 21 heavy (non-hydrogen) atoms. The van der Waals surface area contributed by atoms with Gasteiger partial charge in [0.15, 0.2) is 0 Å². The van der Waals surface area contributed by atoms with Crippen molar-refractivity contribution in [2.24, 2.45) is 5.41 Å². The Hall–Kier alpha value is -1.57. The molecule has 1 aromatic carbocycles. The number of hydrogen-bond acceptors (Lipinski definition) is 4. The summed E-state index contributed by atoms with van der Waals surface area (Å²) >= 11 is 0. The molecule has 2 N–H and O–H groups in total. The molecule has 1 saturated carbocycles. The number of aliphatic hydroxyl groups is 1. The summed E-state index contributed by atoms with van der Waals surface area (Å²) in [5, 5.41) is 22.3. The van der Waals surface area contributed by atoms with E-state index in [0.717, 1.165) is 0 Å². The minimum absolute atomic E-state index is 0.231. The van der Waals surface area contributed by atoms with Crippen LogP contribution in [0.3, 0.4) is 0 Å². The largest absolute Gasteiger partial charge is 0.491 e. The first-order valence-corrected chi connectivity index (χ1v) is 7.56. The third-order valence-corrected chi connectivity index (χ3v) is 4.26. The molecule has 1 aliphatic carbocycles. The Morgan fingerprint density at radius 2 is 2.33 bits per heavy atom. The van der Waals surface area contributed by atoms with Crippen molar-refractivity contribution >= 4 is 0 Å². The summed E-state index contributed by atoms with van der Waals surface area (Å²) in [5.41, 5.74) is 0.870. The highest BCUT2D eigenvalue weighted by Crippen LogP contribution is 2.37. The number of nitrogens with zero attached hydrogens (tertiary/aromatic N) is 1. The molecular formula is C17H24N2O2. The molecule has 0 spiro atoms. The SMILES string of the molecule is CC1(C)CCCC1NCC(O)COc1cccc(C#N)c1. The van der Waals surface area contributed by atoms with E-state index in [9.17, 15) is 5.11 Å². The maximum Gasteiger partial charge on any atom is 0.120 e. The Morgan fingerprint density at radius 1 is 1.52 bits per heavy atom. The van der Waals surface area contributed by atoms with Gasteiger partial charge in [-0.25, -0.2) is 0 Å². The van der Waals surface area contributed by atoms with Crippen molar-refractivity contribution in [2.75, 3.05) is 13.2 Å². The van der Waals surface area contributed by atoms with Crippen LogP contribution in [-0.2, 0) is 0 Å². The lowest BCUT2D eigenvalue weighted by molar-refractivity contribution is 0.0986. The van der Waals surface area contributed by atoms with E-state index in [-0.39, 0.29) is 6.61 Å². The van der Waals surface area contributed by atoms with E-state index in [1.165, 1.54) is 19.3 Å². The lowest BCUT2D eigenvalue weighted by atomic mass is 9.87. The van der Waals surface area contributed by atoms with Crippen molar-refractivity contribution in [3.63, 3.8) is 0 Å². The van der Waals surface area contributed by atoms with Gasteiger partial charge in [0.1, 0.15) is 18.5 Å². The maximum atomic E-state index is 10.0. The molecule has 0 aromatic heterocycles. The van der Waals surface area contributed by atoms with Gasteiger partial charge in [0.05, 0.1) is 11.6 Å². The summed E-state index contributed by atoms with van der Waals surface area (Å²) in [4.78, 5) is 0. The van der Waals surface area contributed by atoms with Crippen LogP contribution in [0.1, 0.15) is 38.7 Å². The van der Waals surface area contributed by atoms with Crippen molar-refractivity contribution in [2.45, 2.75) is 45.3 Å². The third-order valence-electron chi connectivity index (χ3n) is 4.26. The number of aliphatic hydroxyl groups excluding tert-OH is 1. The minimum atomic E-state index is -0.549. The first-order valence-electron chi connectivity index (χ1n) is 7.56. The second-order valence-corrected chi connectivity index (χ2v) is 6.45. The Kier molecular flexibility index (Phi) is 5.22. The molecule has 1 aromatic rings. The van der Waals surface area contributed by atoms with Crippen molar-refractivity contribution in [3.05, 3.63) is 29.8 Å². The van der Waals surface area contributed by atoms with Crippen LogP contribution in [0.2, 0.25) is 0 Å². The first kappa shape index (κ1) is 15.8. The quantitative estimate of drug-likeness (QED) is 0.844. The van der Waals surface area contributed by atoms with Gasteiger partial charge in [0, 0.05) is 12.6 Å². The van der Waals surface area contributed by atoms with Gasteiger partial charge in [-0.15, -0.1) is 0 Å². The van der Waals surface area contributed by atoms with Crippen LogP contribution in [0, 0.1) is 16.7 Å². The van der Waals surface area contributed by atoms with Crippen molar-refractivity contribution in [1.29, 1.82) is 5.26 Å². The highest BCUT2D eigenvalue weighted by molar-refractivity contribution is 5.36. The topological polar surface area (TPSA) is 65.3 Å². The van der Waals surface area contributed by atoms with E-state index in [0.29, 0.717) is 29.3 Å². The molecular weight excluding hydrogens is 264 g/mol. The van der Waals surface area contributed by atoms with E-state index < -0.39 is 6.10 Å². The normalized spacial score (nSPS) is 21.7. The number of benzene rings is 1. The zero-order valence-corrected chi connectivity index (χ0v) is 12.8. The number of nitrogens with one attached hydrogen (secondary N) is 1. The Morgan fingerprint density at radius 3 is 3.00 bits per heavy atom. The first-order chi connectivity index (χ1) is 10.0. The average molecular weight is 288 g/mol. The van der Waals surface area contributed by atoms with Crippen LogP contribution in [0.15, 0.2) is 24.3 Å². The van der Waals surface area contributed by atoms with Gasteiger partial charge < -0.3 is 15.2 Å². The zero-order valence-electron chi connectivity index (χ0n) is 12.8. The number of hydrogen-bond donors (Lipinski definition) is 2. The molecule has 1 aliphatic rings. The van der Waals surface area contributed by atoms with E-state index >= 15 is 0 Å². The number of nitriles is 1. The highest BCUT2D eigenvalue weighted by atomic mass is 16.5. The predicted molar refractivity (Wildman–Crippen MR) is 82.1 cm³/mol. The van der Waals surface area contributed by atoms with Crippen LogP contribution < -0.4 is 10.1 Å². The second-order valence-electron chi connectivity index (χ2n) is 6.45. The van der Waals surface area contributed by atoms with Gasteiger partial charge in [-0.2, -0.15) is 5.26 Å². The van der Waals surface area contributed by atoms with E-state index in [4.69, 9.17) is 10.00 Å². The average Bonchev–Trinajstić information content (AvgIpc) is 2.82. The van der Waals surface area contributed by atoms with Gasteiger partial charge in [0.2, 0.25) is 0 Å². The van der Waals surface area contributed by atoms with Crippen LogP contribution in [0.4, 0.5) is 0 Å². The van der Waals surface area contributed by atoms with Gasteiger partial charge >= 0.3 is 0 Å². The summed E-state index contributed by atoms with van der Waals surface area (Å²) in [6.45, 7) is 5.31. The summed E-state index contributed by atoms with van der Waals surface area (Å²) in [5.74, 6) is 0.620. The van der Waals surface area contributed by atoms with Crippen molar-refractivity contribution in [1.82, 2.24) is 5.32 Å². The van der Waals surface area contributed by atoms with Crippen molar-refractivity contribution < 1.29 is 9.84 Å². The van der Waals surface area contributed by atoms with Crippen LogP contribution in [-0.4, -0.2) is 30.4 Å². The van der Waals surface area contributed by atoms with Gasteiger partial charge in [-0.3, -0.25) is 0 Å². The fourth-order valence-corrected chi connectivity index (χ4v) is 2.89. The fourth-order valence-electron chi connectivity index (χ4n) is 2.89. The molecule has 0 saturated heterocycles.